The van der Waals surface area contributed by atoms with E-state index in [4.69, 9.17) is 0 Å². The Balaban J connectivity index is 6.08. The van der Waals surface area contributed by atoms with Crippen molar-refractivity contribution in [2.24, 2.45) is 0 Å². The lowest BCUT2D eigenvalue weighted by Gasteiger charge is -2.27. The molecule has 24 heavy (non-hydrogen) atoms. The number of allylic oxidation sites excluding steroid dienone is 7. The summed E-state index contributed by atoms with van der Waals surface area (Å²) in [5.41, 5.74) is 0.179. The van der Waals surface area contributed by atoms with Crippen LogP contribution in [0.3, 0.4) is 0 Å². The van der Waals surface area contributed by atoms with Crippen LogP contribution in [0.4, 0.5) is 8.78 Å². The van der Waals surface area contributed by atoms with Gasteiger partial charge in [-0.2, -0.15) is 0 Å². The average Bonchev–Trinajstić information content (AvgIpc) is 2.60. The van der Waals surface area contributed by atoms with E-state index in [1.807, 2.05) is 32.9 Å². The van der Waals surface area contributed by atoms with Crippen molar-refractivity contribution in [1.29, 1.82) is 0 Å². The molecule has 0 aromatic rings. The van der Waals surface area contributed by atoms with E-state index < -0.39 is 18.1 Å². The predicted octanol–water partition coefficient (Wildman–Crippen LogP) is 5.76. The molecular weight excluding hydrogens is 306 g/mol. The second-order valence-electron chi connectivity index (χ2n) is 5.22. The van der Waals surface area contributed by atoms with E-state index in [0.29, 0.717) is 18.4 Å². The monoisotopic (exact) mass is 334 g/mol. The number of aliphatic hydroxyl groups is 1. The fraction of sp³-hybridized carbons (Fsp3) is 0.429. The molecule has 1 N–H and O–H groups in total. The summed E-state index contributed by atoms with van der Waals surface area (Å²) in [6, 6.07) is 0. The van der Waals surface area contributed by atoms with Gasteiger partial charge < -0.3 is 5.11 Å². The molecule has 0 spiro atoms. The van der Waals surface area contributed by atoms with Crippen molar-refractivity contribution in [1.82, 2.24) is 0 Å². The van der Waals surface area contributed by atoms with E-state index >= 15 is 0 Å². The molecule has 0 bridgehead atoms. The van der Waals surface area contributed by atoms with E-state index in [1.165, 1.54) is 13.0 Å². The van der Waals surface area contributed by atoms with Crippen molar-refractivity contribution < 1.29 is 13.9 Å². The lowest BCUT2D eigenvalue weighted by molar-refractivity contribution is 0.132. The number of alkyl halides is 1. The van der Waals surface area contributed by atoms with Crippen LogP contribution in [-0.2, 0) is 0 Å². The summed E-state index contributed by atoms with van der Waals surface area (Å²) in [6.45, 7) is 10.1. The van der Waals surface area contributed by atoms with Gasteiger partial charge in [0.1, 0.15) is 12.5 Å². The zero-order chi connectivity index (χ0) is 18.6. The molecule has 0 fully saturated rings. The summed E-state index contributed by atoms with van der Waals surface area (Å²) >= 11 is 0. The molecule has 0 aliphatic carbocycles. The minimum atomic E-state index is -1.44. The summed E-state index contributed by atoms with van der Waals surface area (Å²) < 4.78 is 26.4. The van der Waals surface area contributed by atoms with E-state index in [-0.39, 0.29) is 5.57 Å². The smallest absolute Gasteiger partial charge is 0.151 e. The molecule has 1 nitrogen and oxygen atoms in total. The Kier molecular flexibility index (Phi) is 10.7. The first-order chi connectivity index (χ1) is 11.4. The molecule has 0 rings (SSSR count). The summed E-state index contributed by atoms with van der Waals surface area (Å²) in [5.74, 6) is 4.78. The predicted molar refractivity (Wildman–Crippen MR) is 98.9 cm³/mol. The Morgan fingerprint density at radius 1 is 1.21 bits per heavy atom. The van der Waals surface area contributed by atoms with Gasteiger partial charge in [-0.3, -0.25) is 0 Å². The van der Waals surface area contributed by atoms with Gasteiger partial charge in [-0.25, -0.2) is 8.78 Å². The normalized spacial score (nSPS) is 16.3. The molecule has 0 saturated heterocycles. The number of halogens is 2. The fourth-order valence-electron chi connectivity index (χ4n) is 2.43. The number of hydrogen-bond donors (Lipinski definition) is 1. The highest BCUT2D eigenvalue weighted by atomic mass is 19.1. The van der Waals surface area contributed by atoms with Crippen molar-refractivity contribution in [2.75, 3.05) is 6.67 Å². The van der Waals surface area contributed by atoms with Crippen LogP contribution in [0.5, 0.6) is 0 Å². The highest BCUT2D eigenvalue weighted by Crippen LogP contribution is 2.30. The van der Waals surface area contributed by atoms with Gasteiger partial charge in [0.15, 0.2) is 5.60 Å². The van der Waals surface area contributed by atoms with Gasteiger partial charge in [0.25, 0.3) is 0 Å². The molecule has 0 aromatic carbocycles. The quantitative estimate of drug-likeness (QED) is 0.340. The van der Waals surface area contributed by atoms with Crippen LogP contribution in [0.25, 0.3) is 0 Å². The van der Waals surface area contributed by atoms with Crippen molar-refractivity contribution in [3.05, 3.63) is 59.5 Å². The second kappa shape index (κ2) is 11.6. The first kappa shape index (κ1) is 22.1. The van der Waals surface area contributed by atoms with E-state index in [2.05, 4.69) is 18.4 Å². The summed E-state index contributed by atoms with van der Waals surface area (Å²) in [4.78, 5) is 0. The van der Waals surface area contributed by atoms with Crippen LogP contribution in [-0.4, -0.2) is 17.4 Å². The molecular formula is C21H28F2O. The topological polar surface area (TPSA) is 20.2 Å². The summed E-state index contributed by atoms with van der Waals surface area (Å²) in [7, 11) is 0. The largest absolute Gasteiger partial charge is 0.373 e. The lowest BCUT2D eigenvalue weighted by Crippen LogP contribution is -2.30. The van der Waals surface area contributed by atoms with Crippen molar-refractivity contribution >= 4 is 0 Å². The minimum Gasteiger partial charge on any atom is -0.373 e. The maximum atomic E-state index is 13.8. The summed E-state index contributed by atoms with van der Waals surface area (Å²) in [5, 5.41) is 11.1. The van der Waals surface area contributed by atoms with Gasteiger partial charge in [-0.1, -0.05) is 43.1 Å². The first-order valence-corrected chi connectivity index (χ1v) is 8.21. The summed E-state index contributed by atoms with van der Waals surface area (Å²) in [6.07, 6.45) is 9.37. The standard InChI is InChI=1S/C21H28F2O/c1-6-11-14-21(24,19(9-4)17(7-2)8-3)15-12-18(13-16-22)20(23)10-5/h6-7,9-10,13,24H,1,8,11,14,16H2,2-5H3/b17-7-,18-13-,19-9+,20-10+. The molecule has 132 valence electrons. The van der Waals surface area contributed by atoms with Gasteiger partial charge in [0.05, 0.1) is 5.57 Å². The zero-order valence-electron chi connectivity index (χ0n) is 15.1. The van der Waals surface area contributed by atoms with Gasteiger partial charge in [0, 0.05) is 0 Å². The number of rotatable bonds is 8. The second-order valence-corrected chi connectivity index (χ2v) is 5.22. The Morgan fingerprint density at radius 2 is 1.88 bits per heavy atom. The lowest BCUT2D eigenvalue weighted by atomic mass is 9.83. The van der Waals surface area contributed by atoms with E-state index in [0.717, 1.165) is 18.1 Å². The third-order valence-electron chi connectivity index (χ3n) is 3.72. The maximum absolute atomic E-state index is 13.8. The molecule has 1 unspecified atom stereocenters. The van der Waals surface area contributed by atoms with Crippen molar-refractivity contribution in [2.45, 2.75) is 52.6 Å². The third kappa shape index (κ3) is 6.29. The van der Waals surface area contributed by atoms with Crippen molar-refractivity contribution in [3.8, 4) is 11.8 Å². The molecule has 0 heterocycles. The SMILES string of the molecule is C=CCCC(O)(C#CC(=C/CF)/C(F)=C\C)C(=C/C)/C(=C\C)CC. The molecule has 0 aliphatic rings. The van der Waals surface area contributed by atoms with Gasteiger partial charge in [-0.05, 0) is 57.3 Å². The molecule has 0 saturated carbocycles. The Bertz CT molecular complexity index is 597. The minimum absolute atomic E-state index is 0.0500. The Morgan fingerprint density at radius 3 is 2.29 bits per heavy atom. The van der Waals surface area contributed by atoms with E-state index in [9.17, 15) is 13.9 Å². The van der Waals surface area contributed by atoms with Crippen LogP contribution in [0.15, 0.2) is 59.5 Å². The molecule has 1 atom stereocenters. The molecule has 0 aliphatic heterocycles. The third-order valence-corrected chi connectivity index (χ3v) is 3.72. The van der Waals surface area contributed by atoms with Gasteiger partial charge in [0.2, 0.25) is 0 Å². The van der Waals surface area contributed by atoms with Crippen LogP contribution < -0.4 is 0 Å². The van der Waals surface area contributed by atoms with Crippen LogP contribution in [0.2, 0.25) is 0 Å². The van der Waals surface area contributed by atoms with Gasteiger partial charge >= 0.3 is 0 Å². The van der Waals surface area contributed by atoms with Crippen molar-refractivity contribution in [3.63, 3.8) is 0 Å². The molecule has 0 radical (unpaired) electrons. The van der Waals surface area contributed by atoms with E-state index in [1.54, 1.807) is 6.08 Å². The fourth-order valence-corrected chi connectivity index (χ4v) is 2.43. The van der Waals surface area contributed by atoms with Crippen LogP contribution in [0.1, 0.15) is 47.0 Å². The highest BCUT2D eigenvalue weighted by Gasteiger charge is 2.30. The Hall–Kier alpha value is -1.92. The molecule has 0 amide bonds. The maximum Gasteiger partial charge on any atom is 0.151 e. The first-order valence-electron chi connectivity index (χ1n) is 8.21. The molecule has 3 heteroatoms. The highest BCUT2D eigenvalue weighted by molar-refractivity contribution is 5.49. The van der Waals surface area contributed by atoms with Crippen LogP contribution >= 0.6 is 0 Å². The zero-order valence-corrected chi connectivity index (χ0v) is 15.1. The average molecular weight is 334 g/mol. The van der Waals surface area contributed by atoms with Crippen LogP contribution in [0, 0.1) is 11.8 Å². The van der Waals surface area contributed by atoms with Gasteiger partial charge in [-0.15, -0.1) is 6.58 Å². The Labute approximate surface area is 145 Å². The number of hydrogen-bond acceptors (Lipinski definition) is 1. The molecule has 0 aromatic heterocycles.